The second-order valence-corrected chi connectivity index (χ2v) is 33.7. The van der Waals surface area contributed by atoms with Crippen LogP contribution in [0.5, 0.6) is 0 Å². The monoisotopic (exact) mass is 1470 g/mol. The number of unbranched alkanes of at least 4 members (excludes halogenated alkanes) is 43. The molecule has 0 amide bonds. The molecule has 19 heteroatoms. The van der Waals surface area contributed by atoms with Crippen molar-refractivity contribution >= 4 is 39.5 Å². The zero-order chi connectivity index (χ0) is 73.8. The average Bonchev–Trinajstić information content (AvgIpc) is 0.954. The minimum atomic E-state index is -4.96. The Morgan fingerprint density at radius 3 is 0.710 bits per heavy atom. The van der Waals surface area contributed by atoms with Crippen LogP contribution in [0.4, 0.5) is 0 Å². The second-order valence-electron chi connectivity index (χ2n) is 30.8. The Morgan fingerprint density at radius 1 is 0.280 bits per heavy atom. The molecule has 3 unspecified atom stereocenters. The number of phosphoric ester groups is 2. The summed E-state index contributed by atoms with van der Waals surface area (Å²) in [5.41, 5.74) is 0. The molecule has 0 aliphatic carbocycles. The molecule has 3 N–H and O–H groups in total. The highest BCUT2D eigenvalue weighted by Gasteiger charge is 2.30. The Hall–Kier alpha value is -1.94. The molecule has 0 aromatic carbocycles. The van der Waals surface area contributed by atoms with Gasteiger partial charge < -0.3 is 33.8 Å². The zero-order valence-corrected chi connectivity index (χ0v) is 67.6. The molecule has 17 nitrogen and oxygen atoms in total. The van der Waals surface area contributed by atoms with Crippen molar-refractivity contribution in [1.82, 2.24) is 0 Å². The third-order valence-electron chi connectivity index (χ3n) is 19.2. The minimum absolute atomic E-state index is 0.104. The van der Waals surface area contributed by atoms with E-state index >= 15 is 0 Å². The molecular weight excluding hydrogens is 1310 g/mol. The van der Waals surface area contributed by atoms with Crippen molar-refractivity contribution in [2.75, 3.05) is 39.6 Å². The Morgan fingerprint density at radius 2 is 0.480 bits per heavy atom. The lowest BCUT2D eigenvalue weighted by atomic mass is 10.00. The van der Waals surface area contributed by atoms with Gasteiger partial charge in [-0.05, 0) is 49.4 Å². The van der Waals surface area contributed by atoms with Crippen LogP contribution in [0.2, 0.25) is 0 Å². The van der Waals surface area contributed by atoms with E-state index in [1.54, 1.807) is 0 Å². The van der Waals surface area contributed by atoms with E-state index < -0.39 is 97.5 Å². The van der Waals surface area contributed by atoms with Gasteiger partial charge in [0.15, 0.2) is 12.2 Å². The van der Waals surface area contributed by atoms with E-state index in [0.717, 1.165) is 120 Å². The molecule has 0 radical (unpaired) electrons. The van der Waals surface area contributed by atoms with Crippen LogP contribution in [0.15, 0.2) is 0 Å². The summed E-state index contributed by atoms with van der Waals surface area (Å²) < 4.78 is 68.7. The highest BCUT2D eigenvalue weighted by Crippen LogP contribution is 2.45. The van der Waals surface area contributed by atoms with Crippen molar-refractivity contribution in [3.05, 3.63) is 0 Å². The number of hydrogen-bond donors (Lipinski definition) is 3. The SMILES string of the molecule is CCC(C)CCCCCCCCC(=O)OC[C@H](COP(=O)(O)OC[C@H](O)COP(=O)(O)OC[C@@H](COC(=O)CCCCCCCCCCCCCCCCC(C)C)OC(=O)CCCCCCCCCCCCCCCCCCCCC(C)C)OC(=O)CCCCCCCCCCCC(C)C. The first-order valence-electron chi connectivity index (χ1n) is 41.7. The number of carbonyl (C=O) groups is 4. The molecule has 0 heterocycles. The summed E-state index contributed by atoms with van der Waals surface area (Å²) in [7, 11) is -9.92. The van der Waals surface area contributed by atoms with Gasteiger partial charge >= 0.3 is 39.5 Å². The maximum Gasteiger partial charge on any atom is 0.472 e. The molecule has 100 heavy (non-hydrogen) atoms. The number of phosphoric acid groups is 2. The summed E-state index contributed by atoms with van der Waals surface area (Å²) in [5.74, 6) is 0.971. The Bertz CT molecular complexity index is 1960. The molecule has 0 saturated heterocycles. The van der Waals surface area contributed by atoms with Crippen molar-refractivity contribution < 1.29 is 80.2 Å². The van der Waals surface area contributed by atoms with Gasteiger partial charge in [-0.2, -0.15) is 0 Å². The molecule has 0 saturated carbocycles. The summed E-state index contributed by atoms with van der Waals surface area (Å²) in [4.78, 5) is 73.0. The third kappa shape index (κ3) is 73.0. The lowest BCUT2D eigenvalue weighted by molar-refractivity contribution is -0.161. The van der Waals surface area contributed by atoms with Gasteiger partial charge in [0.05, 0.1) is 26.4 Å². The van der Waals surface area contributed by atoms with Gasteiger partial charge in [0, 0.05) is 25.7 Å². The molecular formula is C81H158O17P2. The standard InChI is InChI=1S/C81H158O17P2/c1-9-74(8)60-52-44-39-40-46-54-62-79(84)92-68-77(98-81(86)64-56-48-38-32-26-29-35-43-51-59-73(6)7)70-96-100(89,90)94-66-75(82)65-93-99(87,88)95-69-76(67-91-78(83)61-53-45-36-30-24-20-17-16-19-23-28-34-42-50-58-72(4)5)97-80(85)63-55-47-37-31-25-21-15-13-11-10-12-14-18-22-27-33-41-49-57-71(2)3/h71-77,82H,9-70H2,1-8H3,(H,87,88)(H,89,90)/t74?,75-,76-,77-/m1/s1. The molecule has 0 rings (SSSR count). The van der Waals surface area contributed by atoms with Crippen LogP contribution in [0.3, 0.4) is 0 Å². The summed E-state index contributed by atoms with van der Waals surface area (Å²) in [6.45, 7) is 14.2. The fourth-order valence-electron chi connectivity index (χ4n) is 12.4. The van der Waals surface area contributed by atoms with Crippen molar-refractivity contribution in [3.63, 3.8) is 0 Å². The Balaban J connectivity index is 5.22. The molecule has 0 aliphatic rings. The van der Waals surface area contributed by atoms with Crippen molar-refractivity contribution in [1.29, 1.82) is 0 Å². The summed E-state index contributed by atoms with van der Waals surface area (Å²) >= 11 is 0. The predicted molar refractivity (Wildman–Crippen MR) is 409 cm³/mol. The van der Waals surface area contributed by atoms with Gasteiger partial charge in [-0.25, -0.2) is 9.13 Å². The van der Waals surface area contributed by atoms with Gasteiger partial charge in [-0.15, -0.1) is 0 Å². The normalized spacial score (nSPS) is 14.3. The molecule has 0 bridgehead atoms. The van der Waals surface area contributed by atoms with Gasteiger partial charge in [-0.3, -0.25) is 37.3 Å². The molecule has 6 atom stereocenters. The van der Waals surface area contributed by atoms with Gasteiger partial charge in [0.1, 0.15) is 19.3 Å². The van der Waals surface area contributed by atoms with E-state index in [9.17, 15) is 43.2 Å². The zero-order valence-electron chi connectivity index (χ0n) is 65.8. The summed E-state index contributed by atoms with van der Waals surface area (Å²) in [5, 5.41) is 10.6. The van der Waals surface area contributed by atoms with Crippen LogP contribution in [-0.2, 0) is 65.4 Å². The van der Waals surface area contributed by atoms with Crippen LogP contribution >= 0.6 is 15.6 Å². The first kappa shape index (κ1) is 98.1. The van der Waals surface area contributed by atoms with Gasteiger partial charge in [-0.1, -0.05) is 364 Å². The maximum atomic E-state index is 13.1. The maximum absolute atomic E-state index is 13.1. The number of ether oxygens (including phenoxy) is 4. The molecule has 0 aromatic heterocycles. The number of aliphatic hydroxyl groups is 1. The van der Waals surface area contributed by atoms with E-state index in [1.165, 1.54) is 212 Å². The Labute approximate surface area is 613 Å². The highest BCUT2D eigenvalue weighted by atomic mass is 31.2. The largest absolute Gasteiger partial charge is 0.472 e. The number of aliphatic hydroxyl groups excluding tert-OH is 1. The van der Waals surface area contributed by atoms with E-state index in [-0.39, 0.29) is 25.7 Å². The molecule has 0 aliphatic heterocycles. The van der Waals surface area contributed by atoms with E-state index in [2.05, 4.69) is 55.4 Å². The van der Waals surface area contributed by atoms with Crippen molar-refractivity contribution in [2.45, 2.75) is 433 Å². The minimum Gasteiger partial charge on any atom is -0.462 e. The number of esters is 4. The lowest BCUT2D eigenvalue weighted by Crippen LogP contribution is -2.30. The first-order valence-corrected chi connectivity index (χ1v) is 44.7. The molecule has 0 fully saturated rings. The lowest BCUT2D eigenvalue weighted by Gasteiger charge is -2.21. The molecule has 594 valence electrons. The summed E-state index contributed by atoms with van der Waals surface area (Å²) in [6.07, 6.45) is 57.0. The molecule has 0 spiro atoms. The highest BCUT2D eigenvalue weighted by molar-refractivity contribution is 7.47. The number of rotatable bonds is 78. The quantitative estimate of drug-likeness (QED) is 0.0222. The van der Waals surface area contributed by atoms with Crippen LogP contribution in [0.1, 0.15) is 415 Å². The fourth-order valence-corrected chi connectivity index (χ4v) is 14.0. The number of carbonyl (C=O) groups excluding carboxylic acids is 4. The molecule has 0 aromatic rings. The first-order chi connectivity index (χ1) is 48.1. The van der Waals surface area contributed by atoms with Gasteiger partial charge in [0.2, 0.25) is 0 Å². The Kier molecular flexibility index (Phi) is 68.7. The topological polar surface area (TPSA) is 237 Å². The van der Waals surface area contributed by atoms with Crippen molar-refractivity contribution in [3.8, 4) is 0 Å². The van der Waals surface area contributed by atoms with E-state index in [1.807, 2.05) is 0 Å². The van der Waals surface area contributed by atoms with Crippen LogP contribution in [0, 0.1) is 23.7 Å². The van der Waals surface area contributed by atoms with Crippen LogP contribution < -0.4 is 0 Å². The van der Waals surface area contributed by atoms with Crippen molar-refractivity contribution in [2.24, 2.45) is 23.7 Å². The fraction of sp³-hybridized carbons (Fsp3) is 0.951. The van der Waals surface area contributed by atoms with Crippen LogP contribution in [0.25, 0.3) is 0 Å². The van der Waals surface area contributed by atoms with Crippen LogP contribution in [-0.4, -0.2) is 96.7 Å². The smallest absolute Gasteiger partial charge is 0.462 e. The number of hydrogen-bond acceptors (Lipinski definition) is 15. The average molecular weight is 1470 g/mol. The second kappa shape index (κ2) is 70.1. The van der Waals surface area contributed by atoms with Gasteiger partial charge in [0.25, 0.3) is 0 Å². The summed E-state index contributed by atoms with van der Waals surface area (Å²) in [6, 6.07) is 0. The van der Waals surface area contributed by atoms with E-state index in [4.69, 9.17) is 37.0 Å². The predicted octanol–water partition coefficient (Wildman–Crippen LogP) is 24.0. The third-order valence-corrected chi connectivity index (χ3v) is 21.1. The van der Waals surface area contributed by atoms with E-state index in [0.29, 0.717) is 25.7 Å².